The number of nitrogens with zero attached hydrogens (tertiary/aromatic N) is 1. The number of likely N-dealkylation sites (N-methyl/N-ethyl adjacent to an activating group) is 1. The maximum atomic E-state index is 11.8. The minimum atomic E-state index is 0.0998. The topological polar surface area (TPSA) is 32.3 Å². The van der Waals surface area contributed by atoms with Crippen molar-refractivity contribution in [1.82, 2.24) is 10.2 Å². The summed E-state index contributed by atoms with van der Waals surface area (Å²) in [5.74, 6) is 0.0998. The van der Waals surface area contributed by atoms with E-state index in [0.29, 0.717) is 13.1 Å². The Labute approximate surface area is 101 Å². The van der Waals surface area contributed by atoms with Gasteiger partial charge in [0.05, 0.1) is 12.6 Å². The molecular weight excluding hydrogens is 220 g/mol. The van der Waals surface area contributed by atoms with Crippen molar-refractivity contribution in [2.24, 2.45) is 0 Å². The number of hydrogen-bond donors (Lipinski definition) is 1. The Morgan fingerprint density at radius 1 is 1.75 bits per heavy atom. The van der Waals surface area contributed by atoms with E-state index in [1.54, 1.807) is 22.3 Å². The molecule has 0 aliphatic heterocycles. The molecule has 88 valence electrons. The first kappa shape index (κ1) is 12.9. The van der Waals surface area contributed by atoms with Crippen LogP contribution in [-0.4, -0.2) is 30.9 Å². The van der Waals surface area contributed by atoms with E-state index in [1.807, 2.05) is 25.4 Å². The molecular formula is C12H18N2OS. The molecule has 0 aliphatic carbocycles. The van der Waals surface area contributed by atoms with Crippen LogP contribution in [0.25, 0.3) is 0 Å². The van der Waals surface area contributed by atoms with Crippen LogP contribution < -0.4 is 5.32 Å². The fourth-order valence-corrected chi connectivity index (χ4v) is 2.17. The van der Waals surface area contributed by atoms with Crippen LogP contribution in [0.4, 0.5) is 0 Å². The van der Waals surface area contributed by atoms with Gasteiger partial charge in [-0.2, -0.15) is 0 Å². The van der Waals surface area contributed by atoms with Crippen LogP contribution >= 0.6 is 11.3 Å². The Bertz CT molecular complexity index is 335. The lowest BCUT2D eigenvalue weighted by Crippen LogP contribution is -2.36. The van der Waals surface area contributed by atoms with Crippen LogP contribution in [0.1, 0.15) is 17.8 Å². The Morgan fingerprint density at radius 2 is 2.50 bits per heavy atom. The average Bonchev–Trinajstić information content (AvgIpc) is 2.80. The van der Waals surface area contributed by atoms with E-state index in [9.17, 15) is 4.79 Å². The fraction of sp³-hybridized carbons (Fsp3) is 0.417. The summed E-state index contributed by atoms with van der Waals surface area (Å²) in [7, 11) is 1.84. The largest absolute Gasteiger partial charge is 0.337 e. The van der Waals surface area contributed by atoms with Crippen molar-refractivity contribution < 1.29 is 4.79 Å². The Morgan fingerprint density at radius 3 is 3.06 bits per heavy atom. The first-order valence-corrected chi connectivity index (χ1v) is 6.15. The molecule has 0 spiro atoms. The van der Waals surface area contributed by atoms with Crippen LogP contribution in [0.15, 0.2) is 30.2 Å². The van der Waals surface area contributed by atoms with E-state index in [0.717, 1.165) is 0 Å². The van der Waals surface area contributed by atoms with Crippen LogP contribution in [0.2, 0.25) is 0 Å². The smallest absolute Gasteiger partial charge is 0.236 e. The summed E-state index contributed by atoms with van der Waals surface area (Å²) in [4.78, 5) is 14.8. The minimum Gasteiger partial charge on any atom is -0.337 e. The zero-order valence-electron chi connectivity index (χ0n) is 9.77. The second-order valence-electron chi connectivity index (χ2n) is 3.62. The molecule has 0 aromatic carbocycles. The zero-order valence-corrected chi connectivity index (χ0v) is 10.6. The Kier molecular flexibility index (Phi) is 5.22. The van der Waals surface area contributed by atoms with Gasteiger partial charge in [0.2, 0.25) is 5.91 Å². The SMILES string of the molecule is C=CCNCC(=O)N(C)C(C)c1cccs1. The van der Waals surface area contributed by atoms with Gasteiger partial charge in [0, 0.05) is 18.5 Å². The van der Waals surface area contributed by atoms with Gasteiger partial charge in [-0.3, -0.25) is 4.79 Å². The molecule has 0 aliphatic rings. The van der Waals surface area contributed by atoms with Gasteiger partial charge >= 0.3 is 0 Å². The van der Waals surface area contributed by atoms with Gasteiger partial charge in [0.15, 0.2) is 0 Å². The summed E-state index contributed by atoms with van der Waals surface area (Å²) in [6.45, 7) is 6.65. The highest BCUT2D eigenvalue weighted by Crippen LogP contribution is 2.23. The lowest BCUT2D eigenvalue weighted by Gasteiger charge is -2.24. The van der Waals surface area contributed by atoms with E-state index < -0.39 is 0 Å². The second-order valence-corrected chi connectivity index (χ2v) is 4.59. The van der Waals surface area contributed by atoms with Crippen molar-refractivity contribution in [3.05, 3.63) is 35.0 Å². The molecule has 1 aromatic rings. The lowest BCUT2D eigenvalue weighted by molar-refractivity contribution is -0.130. The van der Waals surface area contributed by atoms with Crippen molar-refractivity contribution >= 4 is 17.2 Å². The molecule has 1 unspecified atom stereocenters. The molecule has 0 fully saturated rings. The molecule has 0 saturated heterocycles. The number of carbonyl (C=O) groups excluding carboxylic acids is 1. The monoisotopic (exact) mass is 238 g/mol. The quantitative estimate of drug-likeness (QED) is 0.607. The molecule has 1 aromatic heterocycles. The first-order chi connectivity index (χ1) is 7.66. The molecule has 1 N–H and O–H groups in total. The molecule has 1 amide bonds. The van der Waals surface area contributed by atoms with E-state index in [1.165, 1.54) is 4.88 Å². The van der Waals surface area contributed by atoms with Crippen LogP contribution in [-0.2, 0) is 4.79 Å². The van der Waals surface area contributed by atoms with E-state index in [2.05, 4.69) is 18.0 Å². The predicted octanol–water partition coefficient (Wildman–Crippen LogP) is 2.04. The molecule has 1 heterocycles. The second kappa shape index (κ2) is 6.45. The highest BCUT2D eigenvalue weighted by atomic mass is 32.1. The van der Waals surface area contributed by atoms with Crippen LogP contribution in [0, 0.1) is 0 Å². The molecule has 0 saturated carbocycles. The summed E-state index contributed by atoms with van der Waals surface area (Å²) in [5, 5.41) is 5.04. The Hall–Kier alpha value is -1.13. The van der Waals surface area contributed by atoms with E-state index in [4.69, 9.17) is 0 Å². The van der Waals surface area contributed by atoms with Gasteiger partial charge in [0.1, 0.15) is 0 Å². The van der Waals surface area contributed by atoms with Gasteiger partial charge in [-0.05, 0) is 18.4 Å². The number of nitrogens with one attached hydrogen (secondary N) is 1. The first-order valence-electron chi connectivity index (χ1n) is 5.27. The maximum Gasteiger partial charge on any atom is 0.236 e. The lowest BCUT2D eigenvalue weighted by atomic mass is 10.2. The van der Waals surface area contributed by atoms with Crippen molar-refractivity contribution in [2.45, 2.75) is 13.0 Å². The summed E-state index contributed by atoms with van der Waals surface area (Å²) < 4.78 is 0. The molecule has 1 atom stereocenters. The molecule has 0 bridgehead atoms. The summed E-state index contributed by atoms with van der Waals surface area (Å²) in [5.41, 5.74) is 0. The number of thiophene rings is 1. The number of rotatable bonds is 6. The van der Waals surface area contributed by atoms with Gasteiger partial charge in [-0.25, -0.2) is 0 Å². The van der Waals surface area contributed by atoms with E-state index >= 15 is 0 Å². The zero-order chi connectivity index (χ0) is 12.0. The van der Waals surface area contributed by atoms with Gasteiger partial charge < -0.3 is 10.2 Å². The molecule has 3 nitrogen and oxygen atoms in total. The molecule has 0 radical (unpaired) electrons. The van der Waals surface area contributed by atoms with Crippen molar-refractivity contribution in [3.8, 4) is 0 Å². The van der Waals surface area contributed by atoms with E-state index in [-0.39, 0.29) is 11.9 Å². The minimum absolute atomic E-state index is 0.0998. The van der Waals surface area contributed by atoms with Gasteiger partial charge in [0.25, 0.3) is 0 Å². The fourth-order valence-electron chi connectivity index (χ4n) is 1.34. The normalized spacial score (nSPS) is 12.1. The predicted molar refractivity (Wildman–Crippen MR) is 68.6 cm³/mol. The van der Waals surface area contributed by atoms with Crippen molar-refractivity contribution in [3.63, 3.8) is 0 Å². The van der Waals surface area contributed by atoms with Crippen molar-refractivity contribution in [1.29, 1.82) is 0 Å². The highest BCUT2D eigenvalue weighted by molar-refractivity contribution is 7.10. The summed E-state index contributed by atoms with van der Waals surface area (Å²) >= 11 is 1.67. The molecule has 4 heteroatoms. The van der Waals surface area contributed by atoms with Crippen LogP contribution in [0.5, 0.6) is 0 Å². The van der Waals surface area contributed by atoms with Crippen LogP contribution in [0.3, 0.4) is 0 Å². The number of amides is 1. The van der Waals surface area contributed by atoms with Gasteiger partial charge in [-0.1, -0.05) is 12.1 Å². The number of hydrogen-bond acceptors (Lipinski definition) is 3. The van der Waals surface area contributed by atoms with Crippen molar-refractivity contribution in [2.75, 3.05) is 20.1 Å². The summed E-state index contributed by atoms with van der Waals surface area (Å²) in [6, 6.07) is 4.19. The average molecular weight is 238 g/mol. The van der Waals surface area contributed by atoms with Gasteiger partial charge in [-0.15, -0.1) is 17.9 Å². The third kappa shape index (κ3) is 3.47. The maximum absolute atomic E-state index is 11.8. The number of carbonyl (C=O) groups is 1. The third-order valence-corrected chi connectivity index (χ3v) is 3.54. The Balaban J connectivity index is 2.47. The molecule has 16 heavy (non-hydrogen) atoms. The highest BCUT2D eigenvalue weighted by Gasteiger charge is 2.17. The summed E-state index contributed by atoms with van der Waals surface area (Å²) in [6.07, 6.45) is 1.75. The standard InChI is InChI=1S/C12H18N2OS/c1-4-7-13-9-12(15)14(3)10(2)11-6-5-8-16-11/h4-6,8,10,13H,1,7,9H2,2-3H3. The molecule has 1 rings (SSSR count). The third-order valence-electron chi connectivity index (χ3n) is 2.49.